The molecule has 6 nitrogen and oxygen atoms in total. The first-order chi connectivity index (χ1) is 14.8. The van der Waals surface area contributed by atoms with E-state index < -0.39 is 15.9 Å². The number of benzene rings is 2. The number of rotatable bonds is 8. The maximum atomic E-state index is 13.6. The third kappa shape index (κ3) is 5.28. The van der Waals surface area contributed by atoms with Crippen molar-refractivity contribution in [2.75, 3.05) is 23.9 Å². The lowest BCUT2D eigenvalue weighted by atomic mass is 10.0. The molecule has 1 amide bonds. The first-order valence-corrected chi connectivity index (χ1v) is 12.2. The van der Waals surface area contributed by atoms with Gasteiger partial charge in [-0.15, -0.1) is 0 Å². The molecule has 1 aliphatic heterocycles. The average molecular weight is 444 g/mol. The van der Waals surface area contributed by atoms with Crippen molar-refractivity contribution < 1.29 is 22.7 Å². The van der Waals surface area contributed by atoms with Gasteiger partial charge < -0.3 is 14.4 Å². The third-order valence-electron chi connectivity index (χ3n) is 5.09. The number of carbonyl (C=O) groups is 1. The Balaban J connectivity index is 2.02. The zero-order chi connectivity index (χ0) is 22.6. The smallest absolute Gasteiger partial charge is 0.258 e. The minimum Gasteiger partial charge on any atom is -0.490 e. The van der Waals surface area contributed by atoms with Crippen LogP contribution in [-0.4, -0.2) is 39.3 Å². The van der Waals surface area contributed by atoms with Gasteiger partial charge in [-0.25, -0.2) is 8.42 Å². The Labute approximate surface area is 184 Å². The lowest BCUT2D eigenvalue weighted by molar-refractivity contribution is 0.0982. The molecule has 0 bridgehead atoms. The van der Waals surface area contributed by atoms with Crippen LogP contribution in [0.4, 0.5) is 5.69 Å². The molecule has 0 unspecified atom stereocenters. The molecule has 2 aromatic carbocycles. The zero-order valence-electron chi connectivity index (χ0n) is 18.4. The summed E-state index contributed by atoms with van der Waals surface area (Å²) in [6.45, 7) is 8.85. The highest BCUT2D eigenvalue weighted by Gasteiger charge is 2.32. The maximum absolute atomic E-state index is 13.6. The fraction of sp³-hybridized carbons (Fsp3) is 0.375. The number of hydrogen-bond acceptors (Lipinski definition) is 5. The lowest BCUT2D eigenvalue weighted by Gasteiger charge is -2.28. The number of anilines is 1. The van der Waals surface area contributed by atoms with E-state index >= 15 is 0 Å². The van der Waals surface area contributed by atoms with Gasteiger partial charge in [-0.1, -0.05) is 26.0 Å². The SMILES string of the molecule is CCOc1ccc(C(=O)N(c2ccc(C(C)C)cc2)[C@@H]2C=CS(=O)(=O)C2)cc1OCC. The molecular formula is C24H29NO5S. The van der Waals surface area contributed by atoms with Crippen LogP contribution < -0.4 is 14.4 Å². The summed E-state index contributed by atoms with van der Waals surface area (Å²) in [6, 6.07) is 12.1. The van der Waals surface area contributed by atoms with Crippen molar-refractivity contribution in [2.24, 2.45) is 0 Å². The Kier molecular flexibility index (Phi) is 7.05. The predicted octanol–water partition coefficient (Wildman–Crippen LogP) is 4.56. The summed E-state index contributed by atoms with van der Waals surface area (Å²) in [4.78, 5) is 15.1. The Bertz CT molecular complexity index is 1060. The quantitative estimate of drug-likeness (QED) is 0.598. The zero-order valence-corrected chi connectivity index (χ0v) is 19.2. The summed E-state index contributed by atoms with van der Waals surface area (Å²) in [5, 5.41) is 1.18. The molecule has 31 heavy (non-hydrogen) atoms. The number of carbonyl (C=O) groups excluding carboxylic acids is 1. The molecule has 0 aromatic heterocycles. The summed E-state index contributed by atoms with van der Waals surface area (Å²) < 4.78 is 35.4. The van der Waals surface area contributed by atoms with Crippen molar-refractivity contribution in [3.63, 3.8) is 0 Å². The van der Waals surface area contributed by atoms with Gasteiger partial charge in [0, 0.05) is 16.7 Å². The Morgan fingerprint density at radius 2 is 1.68 bits per heavy atom. The molecule has 166 valence electrons. The third-order valence-corrected chi connectivity index (χ3v) is 6.47. The van der Waals surface area contributed by atoms with Gasteiger partial charge in [-0.05, 0) is 61.7 Å². The molecule has 1 aliphatic rings. The Morgan fingerprint density at radius 1 is 1.03 bits per heavy atom. The van der Waals surface area contributed by atoms with Gasteiger partial charge in [0.05, 0.1) is 25.0 Å². The number of sulfone groups is 1. The second-order valence-electron chi connectivity index (χ2n) is 7.67. The molecular weight excluding hydrogens is 414 g/mol. The maximum Gasteiger partial charge on any atom is 0.258 e. The standard InChI is InChI=1S/C24H29NO5S/c1-5-29-22-12-9-19(15-23(22)30-6-2)24(26)25(21-13-14-31(27,28)16-21)20-10-7-18(8-11-20)17(3)4/h7-15,17,21H,5-6,16H2,1-4H3/t21-/m1/s1. The molecule has 0 aliphatic carbocycles. The van der Waals surface area contributed by atoms with Gasteiger partial charge in [0.2, 0.25) is 0 Å². The van der Waals surface area contributed by atoms with Gasteiger partial charge in [-0.2, -0.15) is 0 Å². The van der Waals surface area contributed by atoms with E-state index in [9.17, 15) is 13.2 Å². The predicted molar refractivity (Wildman–Crippen MR) is 123 cm³/mol. The second kappa shape index (κ2) is 9.56. The van der Waals surface area contributed by atoms with Crippen molar-refractivity contribution in [3.05, 3.63) is 65.1 Å². The largest absolute Gasteiger partial charge is 0.490 e. The number of amides is 1. The summed E-state index contributed by atoms with van der Waals surface area (Å²) in [6.07, 6.45) is 1.57. The van der Waals surface area contributed by atoms with Crippen LogP contribution in [-0.2, 0) is 9.84 Å². The molecule has 0 saturated heterocycles. The highest BCUT2D eigenvalue weighted by atomic mass is 32.2. The number of ether oxygens (including phenoxy) is 2. The van der Waals surface area contributed by atoms with Crippen LogP contribution in [0.3, 0.4) is 0 Å². The van der Waals surface area contributed by atoms with Crippen LogP contribution in [0, 0.1) is 0 Å². The lowest BCUT2D eigenvalue weighted by Crippen LogP contribution is -2.41. The molecule has 7 heteroatoms. The first kappa shape index (κ1) is 22.9. The van der Waals surface area contributed by atoms with Crippen LogP contribution in [0.1, 0.15) is 49.5 Å². The fourth-order valence-electron chi connectivity index (χ4n) is 3.52. The van der Waals surface area contributed by atoms with Crippen molar-refractivity contribution in [1.82, 2.24) is 0 Å². The molecule has 0 spiro atoms. The molecule has 0 N–H and O–H groups in total. The normalized spacial score (nSPS) is 17.0. The van der Waals surface area contributed by atoms with E-state index in [1.54, 1.807) is 24.3 Å². The van der Waals surface area contributed by atoms with Gasteiger partial charge in [0.25, 0.3) is 5.91 Å². The molecule has 0 saturated carbocycles. The van der Waals surface area contributed by atoms with Crippen molar-refractivity contribution in [3.8, 4) is 11.5 Å². The van der Waals surface area contributed by atoms with Crippen molar-refractivity contribution in [1.29, 1.82) is 0 Å². The van der Waals surface area contributed by atoms with E-state index in [0.29, 0.717) is 41.9 Å². The van der Waals surface area contributed by atoms with Crippen molar-refractivity contribution in [2.45, 2.75) is 39.7 Å². The number of hydrogen-bond donors (Lipinski definition) is 0. The second-order valence-corrected chi connectivity index (χ2v) is 9.61. The van der Waals surface area contributed by atoms with E-state index in [1.165, 1.54) is 10.3 Å². The van der Waals surface area contributed by atoms with Crippen LogP contribution >= 0.6 is 0 Å². The Hall–Kier alpha value is -2.80. The highest BCUT2D eigenvalue weighted by Crippen LogP contribution is 2.31. The highest BCUT2D eigenvalue weighted by molar-refractivity contribution is 7.94. The van der Waals surface area contributed by atoms with E-state index in [4.69, 9.17) is 9.47 Å². The minimum absolute atomic E-state index is 0.139. The van der Waals surface area contributed by atoms with E-state index in [0.717, 1.165) is 5.56 Å². The molecule has 3 rings (SSSR count). The van der Waals surface area contributed by atoms with Gasteiger partial charge >= 0.3 is 0 Å². The molecule has 1 atom stereocenters. The van der Waals surface area contributed by atoms with Crippen molar-refractivity contribution >= 4 is 21.4 Å². The van der Waals surface area contributed by atoms with Gasteiger partial charge in [-0.3, -0.25) is 4.79 Å². The summed E-state index contributed by atoms with van der Waals surface area (Å²) in [5.74, 6) is 0.967. The van der Waals surface area contributed by atoms with Crippen LogP contribution in [0.2, 0.25) is 0 Å². The summed E-state index contributed by atoms with van der Waals surface area (Å²) >= 11 is 0. The first-order valence-electron chi connectivity index (χ1n) is 10.5. The summed E-state index contributed by atoms with van der Waals surface area (Å²) in [7, 11) is -3.34. The topological polar surface area (TPSA) is 72.9 Å². The molecule has 0 fully saturated rings. The van der Waals surface area contributed by atoms with Crippen LogP contribution in [0.5, 0.6) is 11.5 Å². The minimum atomic E-state index is -3.34. The van der Waals surface area contributed by atoms with Gasteiger partial charge in [0.1, 0.15) is 0 Å². The van der Waals surface area contributed by atoms with Crippen LogP contribution in [0.25, 0.3) is 0 Å². The number of nitrogens with zero attached hydrogens (tertiary/aromatic N) is 1. The van der Waals surface area contributed by atoms with E-state index in [2.05, 4.69) is 13.8 Å². The Morgan fingerprint density at radius 3 is 2.23 bits per heavy atom. The summed E-state index contributed by atoms with van der Waals surface area (Å²) in [5.41, 5.74) is 2.19. The molecule has 1 heterocycles. The van der Waals surface area contributed by atoms with E-state index in [1.807, 2.05) is 38.1 Å². The molecule has 2 aromatic rings. The molecule has 0 radical (unpaired) electrons. The monoisotopic (exact) mass is 443 g/mol. The average Bonchev–Trinajstić information content (AvgIpc) is 3.09. The van der Waals surface area contributed by atoms with Gasteiger partial charge in [0.15, 0.2) is 21.3 Å². The van der Waals surface area contributed by atoms with Crippen LogP contribution in [0.15, 0.2) is 53.9 Å². The van der Waals surface area contributed by atoms with E-state index in [-0.39, 0.29) is 11.7 Å². The fourth-order valence-corrected chi connectivity index (χ4v) is 4.79.